The molecule has 1 saturated heterocycles. The highest BCUT2D eigenvalue weighted by atomic mass is 16.5. The number of hydrogen-bond donors (Lipinski definition) is 1. The number of hydrogen-bond acceptors (Lipinski definition) is 5. The molecule has 0 aliphatic carbocycles. The van der Waals surface area contributed by atoms with Crippen molar-refractivity contribution >= 4 is 0 Å². The van der Waals surface area contributed by atoms with Crippen LogP contribution in [0.25, 0.3) is 11.5 Å². The summed E-state index contributed by atoms with van der Waals surface area (Å²) in [4.78, 5) is 6.84. The first-order valence-corrected chi connectivity index (χ1v) is 7.20. The van der Waals surface area contributed by atoms with E-state index in [-0.39, 0.29) is 6.61 Å². The summed E-state index contributed by atoms with van der Waals surface area (Å²) >= 11 is 0. The van der Waals surface area contributed by atoms with Gasteiger partial charge in [0.1, 0.15) is 12.0 Å². The van der Waals surface area contributed by atoms with Crippen LogP contribution in [0.4, 0.5) is 0 Å². The summed E-state index contributed by atoms with van der Waals surface area (Å²) in [5, 5.41) is 9.17. The Kier molecular flexibility index (Phi) is 4.22. The molecule has 0 saturated carbocycles. The molecule has 112 valence electrons. The summed E-state index contributed by atoms with van der Waals surface area (Å²) in [7, 11) is 1.65. The van der Waals surface area contributed by atoms with Gasteiger partial charge in [0.05, 0.1) is 12.8 Å². The van der Waals surface area contributed by atoms with Crippen molar-refractivity contribution in [1.82, 2.24) is 9.88 Å². The molecule has 0 amide bonds. The molecular weight excluding hydrogens is 268 g/mol. The Morgan fingerprint density at radius 3 is 2.86 bits per heavy atom. The minimum atomic E-state index is 0.270. The number of aromatic nitrogens is 1. The van der Waals surface area contributed by atoms with Crippen LogP contribution >= 0.6 is 0 Å². The fraction of sp³-hybridized carbons (Fsp3) is 0.438. The lowest BCUT2D eigenvalue weighted by Gasteiger charge is -2.12. The van der Waals surface area contributed by atoms with Gasteiger partial charge < -0.3 is 14.3 Å². The third kappa shape index (κ3) is 3.25. The van der Waals surface area contributed by atoms with Crippen molar-refractivity contribution < 1.29 is 14.3 Å². The van der Waals surface area contributed by atoms with Gasteiger partial charge in [0, 0.05) is 25.3 Å². The predicted molar refractivity (Wildman–Crippen MR) is 79.0 cm³/mol. The molecule has 0 spiro atoms. The van der Waals surface area contributed by atoms with Gasteiger partial charge in [-0.05, 0) is 43.1 Å². The maximum atomic E-state index is 9.17. The number of oxazole rings is 1. The number of benzene rings is 1. The van der Waals surface area contributed by atoms with Crippen LogP contribution in [0.5, 0.6) is 5.75 Å². The molecule has 1 atom stereocenters. The number of likely N-dealkylation sites (tertiary alicyclic amines) is 1. The number of ether oxygens (including phenoxy) is 1. The van der Waals surface area contributed by atoms with Gasteiger partial charge in [-0.2, -0.15) is 0 Å². The monoisotopic (exact) mass is 288 g/mol. The summed E-state index contributed by atoms with van der Waals surface area (Å²) in [6.45, 7) is 2.99. The van der Waals surface area contributed by atoms with Crippen LogP contribution in [0, 0.1) is 5.92 Å². The molecule has 1 fully saturated rings. The minimum Gasteiger partial charge on any atom is -0.497 e. The number of methoxy groups -OCH3 is 1. The number of rotatable bonds is 5. The van der Waals surface area contributed by atoms with Crippen molar-refractivity contribution in [2.75, 3.05) is 26.8 Å². The van der Waals surface area contributed by atoms with E-state index in [0.29, 0.717) is 11.8 Å². The summed E-state index contributed by atoms with van der Waals surface area (Å²) < 4.78 is 10.7. The van der Waals surface area contributed by atoms with E-state index in [9.17, 15) is 5.11 Å². The van der Waals surface area contributed by atoms with Crippen LogP contribution in [-0.4, -0.2) is 41.8 Å². The highest BCUT2D eigenvalue weighted by molar-refractivity contribution is 5.54. The van der Waals surface area contributed by atoms with Gasteiger partial charge >= 0.3 is 0 Å². The van der Waals surface area contributed by atoms with Crippen molar-refractivity contribution in [2.45, 2.75) is 13.0 Å². The van der Waals surface area contributed by atoms with E-state index in [1.807, 2.05) is 24.3 Å². The highest BCUT2D eigenvalue weighted by Crippen LogP contribution is 2.23. The fourth-order valence-corrected chi connectivity index (χ4v) is 2.68. The standard InChI is InChI=1S/C16H20N2O3/c1-20-15-4-2-13(3-5-15)16-17-14(11-21-16)9-18-7-6-12(8-18)10-19/h2-5,11-12,19H,6-10H2,1H3. The number of nitrogens with zero attached hydrogens (tertiary/aromatic N) is 2. The lowest BCUT2D eigenvalue weighted by molar-refractivity contribution is 0.219. The molecule has 1 aromatic carbocycles. The first-order valence-electron chi connectivity index (χ1n) is 7.20. The zero-order valence-corrected chi connectivity index (χ0v) is 12.2. The van der Waals surface area contributed by atoms with Gasteiger partial charge in [-0.25, -0.2) is 4.98 Å². The second-order valence-electron chi connectivity index (χ2n) is 5.44. The average molecular weight is 288 g/mol. The van der Waals surface area contributed by atoms with Crippen molar-refractivity contribution in [3.63, 3.8) is 0 Å². The van der Waals surface area contributed by atoms with E-state index in [1.54, 1.807) is 13.4 Å². The molecule has 21 heavy (non-hydrogen) atoms. The van der Waals surface area contributed by atoms with Crippen LogP contribution in [0.3, 0.4) is 0 Å². The van der Waals surface area contributed by atoms with Crippen LogP contribution in [0.1, 0.15) is 12.1 Å². The maximum Gasteiger partial charge on any atom is 0.226 e. The maximum absolute atomic E-state index is 9.17. The molecule has 0 radical (unpaired) electrons. The molecule has 1 aliphatic rings. The first kappa shape index (κ1) is 14.1. The fourth-order valence-electron chi connectivity index (χ4n) is 2.68. The summed E-state index contributed by atoms with van der Waals surface area (Å²) in [6, 6.07) is 7.66. The molecule has 2 heterocycles. The summed E-state index contributed by atoms with van der Waals surface area (Å²) in [5.41, 5.74) is 1.87. The third-order valence-corrected chi connectivity index (χ3v) is 3.90. The Balaban J connectivity index is 1.65. The van der Waals surface area contributed by atoms with Gasteiger partial charge in [-0.1, -0.05) is 0 Å². The topological polar surface area (TPSA) is 58.7 Å². The molecule has 1 N–H and O–H groups in total. The van der Waals surface area contributed by atoms with Crippen LogP contribution < -0.4 is 4.74 Å². The second-order valence-corrected chi connectivity index (χ2v) is 5.44. The van der Waals surface area contributed by atoms with Gasteiger partial charge in [-0.15, -0.1) is 0 Å². The molecule has 1 aliphatic heterocycles. The molecule has 1 unspecified atom stereocenters. The van der Waals surface area contributed by atoms with E-state index in [0.717, 1.165) is 43.1 Å². The van der Waals surface area contributed by atoms with Crippen molar-refractivity contribution in [3.8, 4) is 17.2 Å². The van der Waals surface area contributed by atoms with E-state index >= 15 is 0 Å². The van der Waals surface area contributed by atoms with Gasteiger partial charge in [0.15, 0.2) is 0 Å². The minimum absolute atomic E-state index is 0.270. The second kappa shape index (κ2) is 6.28. The van der Waals surface area contributed by atoms with Crippen LogP contribution in [-0.2, 0) is 6.54 Å². The summed E-state index contributed by atoms with van der Waals surface area (Å²) in [5.74, 6) is 1.85. The van der Waals surface area contributed by atoms with Crippen molar-refractivity contribution in [1.29, 1.82) is 0 Å². The smallest absolute Gasteiger partial charge is 0.226 e. The molecule has 5 heteroatoms. The molecule has 0 bridgehead atoms. The van der Waals surface area contributed by atoms with Crippen LogP contribution in [0.2, 0.25) is 0 Å². The van der Waals surface area contributed by atoms with Crippen LogP contribution in [0.15, 0.2) is 34.9 Å². The number of aliphatic hydroxyl groups is 1. The summed E-state index contributed by atoms with van der Waals surface area (Å²) in [6.07, 6.45) is 2.77. The van der Waals surface area contributed by atoms with E-state index in [2.05, 4.69) is 9.88 Å². The van der Waals surface area contributed by atoms with E-state index < -0.39 is 0 Å². The predicted octanol–water partition coefficient (Wildman–Crippen LogP) is 2.16. The molecule has 5 nitrogen and oxygen atoms in total. The van der Waals surface area contributed by atoms with Crippen molar-refractivity contribution in [2.24, 2.45) is 5.92 Å². The highest BCUT2D eigenvalue weighted by Gasteiger charge is 2.22. The average Bonchev–Trinajstić information content (AvgIpc) is 3.17. The number of aliphatic hydroxyl groups excluding tert-OH is 1. The quantitative estimate of drug-likeness (QED) is 0.913. The van der Waals surface area contributed by atoms with Gasteiger partial charge in [0.25, 0.3) is 0 Å². The van der Waals surface area contributed by atoms with Gasteiger partial charge in [-0.3, -0.25) is 4.90 Å². The Morgan fingerprint density at radius 1 is 1.38 bits per heavy atom. The molecular formula is C16H20N2O3. The lowest BCUT2D eigenvalue weighted by Crippen LogP contribution is -2.21. The molecule has 3 rings (SSSR count). The molecule has 1 aromatic heterocycles. The Bertz CT molecular complexity index is 579. The zero-order valence-electron chi connectivity index (χ0n) is 12.2. The third-order valence-electron chi connectivity index (χ3n) is 3.90. The Labute approximate surface area is 124 Å². The van der Waals surface area contributed by atoms with E-state index in [1.165, 1.54) is 0 Å². The lowest BCUT2D eigenvalue weighted by atomic mass is 10.1. The Hall–Kier alpha value is -1.85. The van der Waals surface area contributed by atoms with E-state index in [4.69, 9.17) is 9.15 Å². The molecule has 2 aromatic rings. The van der Waals surface area contributed by atoms with Gasteiger partial charge in [0.2, 0.25) is 5.89 Å². The van der Waals surface area contributed by atoms with Crippen molar-refractivity contribution in [3.05, 3.63) is 36.2 Å². The largest absolute Gasteiger partial charge is 0.497 e. The first-order chi connectivity index (χ1) is 10.3. The Morgan fingerprint density at radius 2 is 2.19 bits per heavy atom. The SMILES string of the molecule is COc1ccc(-c2nc(CN3CCC(CO)C3)co2)cc1. The zero-order chi connectivity index (χ0) is 14.7. The normalized spacial score (nSPS) is 19.0.